The Morgan fingerprint density at radius 2 is 0.296 bits per heavy atom. The van der Waals surface area contributed by atoms with Crippen LogP contribution < -0.4 is 0 Å². The van der Waals surface area contributed by atoms with Gasteiger partial charge in [0.1, 0.15) is 0 Å². The van der Waals surface area contributed by atoms with E-state index < -0.39 is 95.5 Å². The molecule has 12 N–H and O–H groups in total. The van der Waals surface area contributed by atoms with Gasteiger partial charge < -0.3 is 61.3 Å². The highest BCUT2D eigenvalue weighted by molar-refractivity contribution is 4.76. The standard InChI is InChI=1S/3C5H12O4/c3*6-1-5(2-7,3-8)4-9/h3*6-9H,1-4H2. The molecule has 0 bridgehead atoms. The summed E-state index contributed by atoms with van der Waals surface area (Å²) in [7, 11) is 0. The zero-order valence-electron chi connectivity index (χ0n) is 15.4. The Morgan fingerprint density at radius 1 is 0.222 bits per heavy atom. The second-order valence-corrected chi connectivity index (χ2v) is 6.40. The van der Waals surface area contributed by atoms with Crippen LogP contribution in [0, 0.1) is 16.2 Å². The van der Waals surface area contributed by atoms with E-state index in [1.807, 2.05) is 0 Å². The van der Waals surface area contributed by atoms with Gasteiger partial charge in [-0.05, 0) is 0 Å². The maximum absolute atomic E-state index is 8.50. The van der Waals surface area contributed by atoms with Crippen LogP contribution in [0.15, 0.2) is 0 Å². The SMILES string of the molecule is OCC(CO)(CO)CO.OCC(CO)(CO)CO.OCC(CO)(CO)CO. The lowest BCUT2D eigenvalue weighted by Gasteiger charge is -2.23. The van der Waals surface area contributed by atoms with Crippen molar-refractivity contribution in [1.82, 2.24) is 0 Å². The first-order valence-electron chi connectivity index (χ1n) is 8.04. The predicted octanol–water partition coefficient (Wildman–Crippen LogP) is -6.17. The zero-order valence-corrected chi connectivity index (χ0v) is 15.4. The molecule has 0 aliphatic heterocycles. The molecule has 0 amide bonds. The van der Waals surface area contributed by atoms with Crippen LogP contribution in [0.3, 0.4) is 0 Å². The Morgan fingerprint density at radius 3 is 0.296 bits per heavy atom. The van der Waals surface area contributed by atoms with E-state index in [4.69, 9.17) is 61.3 Å². The first-order chi connectivity index (χ1) is 12.7. The fraction of sp³-hybridized carbons (Fsp3) is 1.00. The third-order valence-electron chi connectivity index (χ3n) is 4.02. The van der Waals surface area contributed by atoms with E-state index in [1.54, 1.807) is 0 Å². The van der Waals surface area contributed by atoms with E-state index in [1.165, 1.54) is 0 Å². The number of aliphatic hydroxyl groups excluding tert-OH is 12. The summed E-state index contributed by atoms with van der Waals surface area (Å²) < 4.78 is 0. The molecule has 0 aromatic heterocycles. The summed E-state index contributed by atoms with van der Waals surface area (Å²) in [5.74, 6) is 0. The lowest BCUT2D eigenvalue weighted by Crippen LogP contribution is -2.37. The fourth-order valence-corrected chi connectivity index (χ4v) is 0.900. The van der Waals surface area contributed by atoms with E-state index in [0.717, 1.165) is 0 Å². The Bertz CT molecular complexity index is 203. The van der Waals surface area contributed by atoms with Crippen molar-refractivity contribution in [2.24, 2.45) is 16.2 Å². The molecule has 27 heavy (non-hydrogen) atoms. The number of rotatable bonds is 12. The van der Waals surface area contributed by atoms with Crippen LogP contribution in [0.5, 0.6) is 0 Å². The van der Waals surface area contributed by atoms with Gasteiger partial charge in [0.2, 0.25) is 0 Å². The van der Waals surface area contributed by atoms with Gasteiger partial charge in [-0.3, -0.25) is 0 Å². The molecule has 0 aliphatic carbocycles. The average Bonchev–Trinajstić information content (AvgIpc) is 2.75. The molecule has 0 aromatic rings. The van der Waals surface area contributed by atoms with Crippen LogP contribution >= 0.6 is 0 Å². The summed E-state index contributed by atoms with van der Waals surface area (Å²) in [5.41, 5.74) is -3.33. The van der Waals surface area contributed by atoms with Gasteiger partial charge in [-0.15, -0.1) is 0 Å². The van der Waals surface area contributed by atoms with Crippen LogP contribution in [0.25, 0.3) is 0 Å². The predicted molar refractivity (Wildman–Crippen MR) is 92.3 cm³/mol. The first kappa shape index (κ1) is 31.2. The van der Waals surface area contributed by atoms with Crippen molar-refractivity contribution in [2.75, 3.05) is 79.3 Å². The largest absolute Gasteiger partial charge is 0.396 e. The summed E-state index contributed by atoms with van der Waals surface area (Å²) in [6.07, 6.45) is 0. The molecule has 0 radical (unpaired) electrons. The minimum atomic E-state index is -1.11. The first-order valence-corrected chi connectivity index (χ1v) is 8.04. The smallest absolute Gasteiger partial charge is 0.0627 e. The fourth-order valence-electron chi connectivity index (χ4n) is 0.900. The number of hydrogen-bond donors (Lipinski definition) is 12. The summed E-state index contributed by atoms with van der Waals surface area (Å²) in [5, 5.41) is 102. The van der Waals surface area contributed by atoms with Crippen molar-refractivity contribution in [3.63, 3.8) is 0 Å². The van der Waals surface area contributed by atoms with Gasteiger partial charge in [0.15, 0.2) is 0 Å². The van der Waals surface area contributed by atoms with Gasteiger partial charge >= 0.3 is 0 Å². The number of aliphatic hydroxyl groups is 12. The lowest BCUT2D eigenvalue weighted by molar-refractivity contribution is -0.0332. The van der Waals surface area contributed by atoms with Gasteiger partial charge in [-0.25, -0.2) is 0 Å². The second kappa shape index (κ2) is 17.6. The molecule has 0 unspecified atom stereocenters. The second-order valence-electron chi connectivity index (χ2n) is 6.40. The maximum Gasteiger partial charge on any atom is 0.0627 e. The highest BCUT2D eigenvalue weighted by Gasteiger charge is 2.27. The van der Waals surface area contributed by atoms with Crippen LogP contribution in [0.1, 0.15) is 0 Å². The van der Waals surface area contributed by atoms with Crippen LogP contribution in [-0.4, -0.2) is 141 Å². The van der Waals surface area contributed by atoms with Crippen molar-refractivity contribution >= 4 is 0 Å². The molecule has 12 heteroatoms. The topological polar surface area (TPSA) is 243 Å². The third kappa shape index (κ3) is 11.2. The zero-order chi connectivity index (χ0) is 22.0. The van der Waals surface area contributed by atoms with Gasteiger partial charge in [0, 0.05) is 0 Å². The van der Waals surface area contributed by atoms with Gasteiger partial charge in [0.25, 0.3) is 0 Å². The van der Waals surface area contributed by atoms with Gasteiger partial charge in [-0.2, -0.15) is 0 Å². The minimum absolute atomic E-state index is 0.406. The number of hydrogen-bond acceptors (Lipinski definition) is 12. The summed E-state index contributed by atoms with van der Waals surface area (Å²) in [6.45, 7) is -4.88. The Hall–Kier alpha value is -0.480. The molecule has 0 spiro atoms. The highest BCUT2D eigenvalue weighted by Crippen LogP contribution is 2.13. The van der Waals surface area contributed by atoms with E-state index in [0.29, 0.717) is 0 Å². The molecule has 12 nitrogen and oxygen atoms in total. The minimum Gasteiger partial charge on any atom is -0.396 e. The lowest BCUT2D eigenvalue weighted by atomic mass is 9.93. The molecule has 0 aliphatic rings. The molecule has 0 atom stereocenters. The van der Waals surface area contributed by atoms with Crippen LogP contribution in [-0.2, 0) is 0 Å². The van der Waals surface area contributed by atoms with E-state index in [-0.39, 0.29) is 0 Å². The van der Waals surface area contributed by atoms with Crippen LogP contribution in [0.2, 0.25) is 0 Å². The molecule has 0 heterocycles. The molecular weight excluding hydrogens is 372 g/mol. The summed E-state index contributed by atoms with van der Waals surface area (Å²) in [4.78, 5) is 0. The Balaban J connectivity index is -0.000000320. The monoisotopic (exact) mass is 408 g/mol. The Labute approximate surface area is 157 Å². The van der Waals surface area contributed by atoms with E-state index in [9.17, 15) is 0 Å². The molecule has 0 saturated heterocycles. The van der Waals surface area contributed by atoms with E-state index >= 15 is 0 Å². The molecular formula is C15H36O12. The van der Waals surface area contributed by atoms with E-state index in [2.05, 4.69) is 0 Å². The van der Waals surface area contributed by atoms with Gasteiger partial charge in [-0.1, -0.05) is 0 Å². The molecule has 0 fully saturated rings. The van der Waals surface area contributed by atoms with Crippen molar-refractivity contribution in [1.29, 1.82) is 0 Å². The van der Waals surface area contributed by atoms with Crippen molar-refractivity contribution in [2.45, 2.75) is 0 Å². The molecule has 0 saturated carbocycles. The Kier molecular flexibility index (Phi) is 20.4. The molecule has 0 aromatic carbocycles. The quantitative estimate of drug-likeness (QED) is 0.144. The maximum atomic E-state index is 8.50. The highest BCUT2D eigenvalue weighted by atomic mass is 16.3. The third-order valence-corrected chi connectivity index (χ3v) is 4.02. The summed E-state index contributed by atoms with van der Waals surface area (Å²) in [6, 6.07) is 0. The van der Waals surface area contributed by atoms with Gasteiger partial charge in [0.05, 0.1) is 95.5 Å². The molecule has 0 rings (SSSR count). The van der Waals surface area contributed by atoms with Crippen molar-refractivity contribution < 1.29 is 61.3 Å². The van der Waals surface area contributed by atoms with Crippen molar-refractivity contribution in [3.8, 4) is 0 Å². The normalized spacial score (nSPS) is 12.0. The van der Waals surface area contributed by atoms with Crippen LogP contribution in [0.4, 0.5) is 0 Å². The summed E-state index contributed by atoms with van der Waals surface area (Å²) >= 11 is 0. The molecule has 168 valence electrons. The van der Waals surface area contributed by atoms with Crippen molar-refractivity contribution in [3.05, 3.63) is 0 Å². The average molecular weight is 408 g/mol.